The summed E-state index contributed by atoms with van der Waals surface area (Å²) in [5, 5.41) is 12.3. The van der Waals surface area contributed by atoms with Crippen LogP contribution in [0, 0.1) is 0 Å². The first-order valence-corrected chi connectivity index (χ1v) is 6.73. The number of aliphatic hydroxyl groups excluding tert-OH is 1. The van der Waals surface area contributed by atoms with Gasteiger partial charge in [-0.3, -0.25) is 4.79 Å². The molecule has 0 aliphatic heterocycles. The van der Waals surface area contributed by atoms with Gasteiger partial charge in [-0.15, -0.1) is 0 Å². The molecule has 0 aliphatic carbocycles. The molecular weight excluding hydrogens is 330 g/mol. The zero-order chi connectivity index (χ0) is 13.8. The molecule has 2 aromatic rings. The van der Waals surface area contributed by atoms with Crippen LogP contribution in [0.2, 0.25) is 5.02 Å². The Labute approximate surface area is 124 Å². The van der Waals surface area contributed by atoms with E-state index >= 15 is 0 Å². The zero-order valence-corrected chi connectivity index (χ0v) is 12.2. The molecule has 3 nitrogen and oxygen atoms in total. The highest BCUT2D eigenvalue weighted by molar-refractivity contribution is 9.10. The van der Waals surface area contributed by atoms with Gasteiger partial charge in [0.25, 0.3) is 5.91 Å². The van der Waals surface area contributed by atoms with Gasteiger partial charge in [0.15, 0.2) is 0 Å². The molecule has 0 fully saturated rings. The van der Waals surface area contributed by atoms with E-state index in [1.165, 1.54) is 0 Å². The molecule has 1 amide bonds. The lowest BCUT2D eigenvalue weighted by Crippen LogP contribution is -2.12. The second kappa shape index (κ2) is 6.19. The van der Waals surface area contributed by atoms with Gasteiger partial charge in [-0.2, -0.15) is 0 Å². The number of hydrogen-bond donors (Lipinski definition) is 2. The van der Waals surface area contributed by atoms with Crippen LogP contribution in [0.4, 0.5) is 5.69 Å². The molecule has 2 rings (SSSR count). The van der Waals surface area contributed by atoms with Crippen molar-refractivity contribution < 1.29 is 9.90 Å². The Kier molecular flexibility index (Phi) is 4.58. The van der Waals surface area contributed by atoms with Gasteiger partial charge in [0.1, 0.15) is 0 Å². The molecule has 0 saturated heterocycles. The minimum Gasteiger partial charge on any atom is -0.392 e. The third-order valence-electron chi connectivity index (χ3n) is 2.55. The van der Waals surface area contributed by atoms with Crippen molar-refractivity contribution in [2.75, 3.05) is 5.32 Å². The summed E-state index contributed by atoms with van der Waals surface area (Å²) in [6.07, 6.45) is 0. The summed E-state index contributed by atoms with van der Waals surface area (Å²) in [5.41, 5.74) is 1.85. The van der Waals surface area contributed by atoms with E-state index in [1.54, 1.807) is 42.5 Å². The largest absolute Gasteiger partial charge is 0.392 e. The van der Waals surface area contributed by atoms with Crippen molar-refractivity contribution in [3.63, 3.8) is 0 Å². The van der Waals surface area contributed by atoms with Crippen LogP contribution in [-0.2, 0) is 6.61 Å². The number of carbonyl (C=O) groups is 1. The second-order valence-corrected chi connectivity index (χ2v) is 5.20. The average Bonchev–Trinajstić information content (AvgIpc) is 2.42. The Balaban J connectivity index is 2.18. The Hall–Kier alpha value is -1.36. The number of carbonyl (C=O) groups excluding carboxylic acids is 1. The fourth-order valence-corrected chi connectivity index (χ4v) is 2.02. The van der Waals surface area contributed by atoms with Crippen LogP contribution in [0.15, 0.2) is 46.9 Å². The molecule has 19 heavy (non-hydrogen) atoms. The maximum absolute atomic E-state index is 12.0. The minimum absolute atomic E-state index is 0.0617. The third-order valence-corrected chi connectivity index (χ3v) is 3.78. The fraction of sp³-hybridized carbons (Fsp3) is 0.0714. The molecule has 0 heterocycles. The number of nitrogens with one attached hydrogen (secondary N) is 1. The minimum atomic E-state index is -0.246. The third kappa shape index (κ3) is 3.56. The van der Waals surface area contributed by atoms with Gasteiger partial charge in [-0.1, -0.05) is 23.7 Å². The fourth-order valence-electron chi connectivity index (χ4n) is 1.59. The Morgan fingerprint density at radius 2 is 2.05 bits per heavy atom. The number of anilines is 1. The highest BCUT2D eigenvalue weighted by Gasteiger charge is 2.08. The van der Waals surface area contributed by atoms with Crippen molar-refractivity contribution >= 4 is 39.1 Å². The predicted octanol–water partition coefficient (Wildman–Crippen LogP) is 3.85. The highest BCUT2D eigenvalue weighted by atomic mass is 79.9. The van der Waals surface area contributed by atoms with Gasteiger partial charge in [0, 0.05) is 15.7 Å². The van der Waals surface area contributed by atoms with Crippen molar-refractivity contribution in [1.82, 2.24) is 0 Å². The summed E-state index contributed by atoms with van der Waals surface area (Å²) in [6, 6.07) is 12.0. The van der Waals surface area contributed by atoms with Gasteiger partial charge in [0.05, 0.1) is 11.6 Å². The number of aliphatic hydroxyl groups is 1. The molecule has 0 spiro atoms. The predicted molar refractivity (Wildman–Crippen MR) is 79.5 cm³/mol. The molecule has 0 atom stereocenters. The summed E-state index contributed by atoms with van der Waals surface area (Å²) in [4.78, 5) is 12.0. The number of benzene rings is 2. The van der Waals surface area contributed by atoms with Crippen LogP contribution in [0.3, 0.4) is 0 Å². The first kappa shape index (κ1) is 14.1. The van der Waals surface area contributed by atoms with Gasteiger partial charge in [0.2, 0.25) is 0 Å². The van der Waals surface area contributed by atoms with Crippen molar-refractivity contribution in [1.29, 1.82) is 0 Å². The zero-order valence-electron chi connectivity index (χ0n) is 9.86. The van der Waals surface area contributed by atoms with E-state index in [4.69, 9.17) is 16.7 Å². The van der Waals surface area contributed by atoms with Crippen LogP contribution in [0.1, 0.15) is 15.9 Å². The number of hydrogen-bond acceptors (Lipinski definition) is 2. The number of halogens is 2. The summed E-state index contributed by atoms with van der Waals surface area (Å²) in [6.45, 7) is -0.0617. The van der Waals surface area contributed by atoms with Gasteiger partial charge in [-0.25, -0.2) is 0 Å². The summed E-state index contributed by atoms with van der Waals surface area (Å²) >= 11 is 9.22. The van der Waals surface area contributed by atoms with E-state index < -0.39 is 0 Å². The molecule has 98 valence electrons. The van der Waals surface area contributed by atoms with Crippen molar-refractivity contribution in [2.24, 2.45) is 0 Å². The van der Waals surface area contributed by atoms with E-state index in [-0.39, 0.29) is 12.5 Å². The van der Waals surface area contributed by atoms with Crippen LogP contribution >= 0.6 is 27.5 Å². The maximum Gasteiger partial charge on any atom is 0.255 e. The Bertz CT molecular complexity index is 616. The highest BCUT2D eigenvalue weighted by Crippen LogP contribution is 2.23. The standard InChI is InChI=1S/C14H11BrClNO2/c15-12-5-4-10(7-13(12)16)14(19)17-11-3-1-2-9(6-11)8-18/h1-7,18H,8H2,(H,17,19). The van der Waals surface area contributed by atoms with Crippen molar-refractivity contribution in [3.8, 4) is 0 Å². The molecule has 0 aromatic heterocycles. The lowest BCUT2D eigenvalue weighted by molar-refractivity contribution is 0.102. The quantitative estimate of drug-likeness (QED) is 0.891. The van der Waals surface area contributed by atoms with Crippen LogP contribution in [0.25, 0.3) is 0 Å². The molecule has 0 saturated carbocycles. The maximum atomic E-state index is 12.0. The molecule has 0 unspecified atom stereocenters. The Morgan fingerprint density at radius 3 is 2.74 bits per heavy atom. The van der Waals surface area contributed by atoms with Crippen molar-refractivity contribution in [3.05, 3.63) is 63.1 Å². The first-order valence-electron chi connectivity index (χ1n) is 5.56. The van der Waals surface area contributed by atoms with Crippen LogP contribution in [0.5, 0.6) is 0 Å². The topological polar surface area (TPSA) is 49.3 Å². The van der Waals surface area contributed by atoms with Crippen LogP contribution < -0.4 is 5.32 Å². The molecule has 0 bridgehead atoms. The smallest absolute Gasteiger partial charge is 0.255 e. The van der Waals surface area contributed by atoms with Crippen LogP contribution in [-0.4, -0.2) is 11.0 Å². The molecule has 0 radical (unpaired) electrons. The normalized spacial score (nSPS) is 10.3. The molecule has 5 heteroatoms. The molecular formula is C14H11BrClNO2. The van der Waals surface area contributed by atoms with E-state index in [0.29, 0.717) is 16.3 Å². The summed E-state index contributed by atoms with van der Waals surface area (Å²) in [5.74, 6) is -0.246. The first-order chi connectivity index (χ1) is 9.10. The molecule has 0 aliphatic rings. The lowest BCUT2D eigenvalue weighted by Gasteiger charge is -2.07. The van der Waals surface area contributed by atoms with Gasteiger partial charge in [-0.05, 0) is 51.8 Å². The number of amides is 1. The van der Waals surface area contributed by atoms with Crippen molar-refractivity contribution in [2.45, 2.75) is 6.61 Å². The van der Waals surface area contributed by atoms with E-state index in [9.17, 15) is 4.79 Å². The Morgan fingerprint density at radius 1 is 1.26 bits per heavy atom. The van der Waals surface area contributed by atoms with E-state index in [1.807, 2.05) is 0 Å². The van der Waals surface area contributed by atoms with Gasteiger partial charge < -0.3 is 10.4 Å². The second-order valence-electron chi connectivity index (χ2n) is 3.94. The SMILES string of the molecule is O=C(Nc1cccc(CO)c1)c1ccc(Br)c(Cl)c1. The summed E-state index contributed by atoms with van der Waals surface area (Å²) < 4.78 is 0.744. The van der Waals surface area contributed by atoms with Gasteiger partial charge >= 0.3 is 0 Å². The summed E-state index contributed by atoms with van der Waals surface area (Å²) in [7, 11) is 0. The van der Waals surface area contributed by atoms with E-state index in [2.05, 4.69) is 21.2 Å². The van der Waals surface area contributed by atoms with E-state index in [0.717, 1.165) is 10.0 Å². The lowest BCUT2D eigenvalue weighted by atomic mass is 10.2. The number of rotatable bonds is 3. The monoisotopic (exact) mass is 339 g/mol. The average molecular weight is 341 g/mol. The molecule has 2 N–H and O–H groups in total. The molecule has 2 aromatic carbocycles.